The third-order valence-electron chi connectivity index (χ3n) is 3.44. The molecule has 0 spiro atoms. The molecule has 0 aromatic rings. The molecule has 0 aliphatic heterocycles. The molecule has 0 heterocycles. The maximum atomic E-state index is 12.2. The normalized spacial score (nSPS) is 20.9. The van der Waals surface area contributed by atoms with E-state index in [4.69, 9.17) is 0 Å². The second-order valence-electron chi connectivity index (χ2n) is 4.86. The van der Waals surface area contributed by atoms with Crippen LogP contribution < -0.4 is 5.32 Å². The van der Waals surface area contributed by atoms with Crippen LogP contribution >= 0.6 is 0 Å². The molecule has 1 N–H and O–H groups in total. The van der Waals surface area contributed by atoms with E-state index < -0.39 is 9.84 Å². The van der Waals surface area contributed by atoms with Gasteiger partial charge in [0.15, 0.2) is 9.84 Å². The highest BCUT2D eigenvalue weighted by atomic mass is 32.2. The predicted octanol–water partition coefficient (Wildman–Crippen LogP) is 2.12. The Labute approximate surface area is 99.9 Å². The van der Waals surface area contributed by atoms with Gasteiger partial charge in [0.1, 0.15) is 0 Å². The zero-order valence-electron chi connectivity index (χ0n) is 10.5. The molecule has 0 aromatic heterocycles. The number of sulfone groups is 1. The third-order valence-corrected chi connectivity index (χ3v) is 6.13. The van der Waals surface area contributed by atoms with Crippen LogP contribution in [-0.4, -0.2) is 32.0 Å². The van der Waals surface area contributed by atoms with Crippen molar-refractivity contribution in [3.8, 4) is 0 Å². The molecule has 0 radical (unpaired) electrons. The molecule has 4 heteroatoms. The molecule has 1 aliphatic rings. The summed E-state index contributed by atoms with van der Waals surface area (Å²) in [6.45, 7) is 5.44. The van der Waals surface area contributed by atoms with Crippen molar-refractivity contribution in [2.45, 2.75) is 62.9 Å². The Morgan fingerprint density at radius 3 is 2.44 bits per heavy atom. The summed E-state index contributed by atoms with van der Waals surface area (Å²) >= 11 is 0. The Kier molecular flexibility index (Phi) is 5.76. The highest BCUT2D eigenvalue weighted by Crippen LogP contribution is 2.26. The first kappa shape index (κ1) is 14.0. The summed E-state index contributed by atoms with van der Waals surface area (Å²) < 4.78 is 24.5. The number of hydrogen-bond acceptors (Lipinski definition) is 3. The fourth-order valence-electron chi connectivity index (χ4n) is 2.32. The fraction of sp³-hybridized carbons (Fsp3) is 1.00. The van der Waals surface area contributed by atoms with Gasteiger partial charge in [-0.1, -0.05) is 26.2 Å². The molecule has 96 valence electrons. The van der Waals surface area contributed by atoms with E-state index in [2.05, 4.69) is 12.2 Å². The zero-order valence-corrected chi connectivity index (χ0v) is 11.4. The molecule has 1 unspecified atom stereocenters. The fourth-order valence-corrected chi connectivity index (χ4v) is 4.32. The number of nitrogens with one attached hydrogen (secondary N) is 1. The first-order valence-electron chi connectivity index (χ1n) is 6.52. The molecule has 16 heavy (non-hydrogen) atoms. The van der Waals surface area contributed by atoms with E-state index in [-0.39, 0.29) is 10.5 Å². The van der Waals surface area contributed by atoms with Gasteiger partial charge in [-0.05, 0) is 32.7 Å². The van der Waals surface area contributed by atoms with Crippen molar-refractivity contribution in [1.82, 2.24) is 5.32 Å². The Bertz CT molecular complexity index is 281. The lowest BCUT2D eigenvalue weighted by Crippen LogP contribution is -2.38. The van der Waals surface area contributed by atoms with Crippen LogP contribution in [0.25, 0.3) is 0 Å². The Balaban J connectivity index is 2.47. The Morgan fingerprint density at radius 2 is 1.88 bits per heavy atom. The van der Waals surface area contributed by atoms with E-state index in [9.17, 15) is 8.42 Å². The molecule has 3 nitrogen and oxygen atoms in total. The summed E-state index contributed by atoms with van der Waals surface area (Å²) in [5, 5.41) is 2.90. The number of rotatable bonds is 6. The molecule has 0 amide bonds. The van der Waals surface area contributed by atoms with E-state index in [1.165, 1.54) is 6.42 Å². The molecule has 1 saturated carbocycles. The first-order valence-corrected chi connectivity index (χ1v) is 8.13. The summed E-state index contributed by atoms with van der Waals surface area (Å²) in [6, 6.07) is 0. The lowest BCUT2D eigenvalue weighted by Gasteiger charge is -2.25. The molecule has 0 bridgehead atoms. The monoisotopic (exact) mass is 247 g/mol. The van der Waals surface area contributed by atoms with Crippen LogP contribution in [0.5, 0.6) is 0 Å². The minimum absolute atomic E-state index is 0.0697. The van der Waals surface area contributed by atoms with Crippen molar-refractivity contribution in [2.75, 3.05) is 13.1 Å². The van der Waals surface area contributed by atoms with Gasteiger partial charge < -0.3 is 5.32 Å². The molecule has 1 atom stereocenters. The van der Waals surface area contributed by atoms with Crippen molar-refractivity contribution in [3.63, 3.8) is 0 Å². The van der Waals surface area contributed by atoms with E-state index in [1.54, 1.807) is 0 Å². The van der Waals surface area contributed by atoms with Crippen LogP contribution in [0.2, 0.25) is 0 Å². The first-order chi connectivity index (χ1) is 7.59. The summed E-state index contributed by atoms with van der Waals surface area (Å²) in [5.74, 6) is 0. The van der Waals surface area contributed by atoms with Gasteiger partial charge in [0.2, 0.25) is 0 Å². The minimum atomic E-state index is -2.91. The van der Waals surface area contributed by atoms with Crippen LogP contribution in [0.3, 0.4) is 0 Å². The van der Waals surface area contributed by atoms with Crippen LogP contribution in [0.1, 0.15) is 52.4 Å². The van der Waals surface area contributed by atoms with Crippen LogP contribution in [-0.2, 0) is 9.84 Å². The second kappa shape index (κ2) is 6.60. The number of hydrogen-bond donors (Lipinski definition) is 1. The van der Waals surface area contributed by atoms with E-state index >= 15 is 0 Å². The van der Waals surface area contributed by atoms with Crippen molar-refractivity contribution in [1.29, 1.82) is 0 Å². The molecule has 0 saturated heterocycles. The summed E-state index contributed by atoms with van der Waals surface area (Å²) in [6.07, 6.45) is 6.17. The average molecular weight is 247 g/mol. The molecule has 0 aromatic carbocycles. The van der Waals surface area contributed by atoms with Crippen molar-refractivity contribution >= 4 is 9.84 Å². The van der Waals surface area contributed by atoms with E-state index in [0.717, 1.165) is 38.6 Å². The molecule has 1 rings (SSSR count). The lowest BCUT2D eigenvalue weighted by molar-refractivity contribution is 0.476. The Hall–Kier alpha value is -0.0900. The van der Waals surface area contributed by atoms with Crippen LogP contribution in [0.15, 0.2) is 0 Å². The summed E-state index contributed by atoms with van der Waals surface area (Å²) in [7, 11) is -2.91. The maximum absolute atomic E-state index is 12.2. The highest BCUT2D eigenvalue weighted by Gasteiger charge is 2.31. The molecular weight excluding hydrogens is 222 g/mol. The van der Waals surface area contributed by atoms with Gasteiger partial charge in [-0.25, -0.2) is 8.42 Å². The van der Waals surface area contributed by atoms with Crippen LogP contribution in [0, 0.1) is 0 Å². The lowest BCUT2D eigenvalue weighted by atomic mass is 10.0. The standard InChI is InChI=1S/C12H25NO2S/c1-3-9-13-10-11(2)16(14,15)12-7-5-4-6-8-12/h11-13H,3-10H2,1-2H3. The van der Waals surface area contributed by atoms with Gasteiger partial charge in [-0.3, -0.25) is 0 Å². The minimum Gasteiger partial charge on any atom is -0.315 e. The van der Waals surface area contributed by atoms with Gasteiger partial charge in [0.05, 0.1) is 10.5 Å². The van der Waals surface area contributed by atoms with Gasteiger partial charge in [-0.15, -0.1) is 0 Å². The van der Waals surface area contributed by atoms with Gasteiger partial charge >= 0.3 is 0 Å². The van der Waals surface area contributed by atoms with Crippen molar-refractivity contribution < 1.29 is 8.42 Å². The third kappa shape index (κ3) is 3.74. The molecule has 1 fully saturated rings. The largest absolute Gasteiger partial charge is 0.315 e. The van der Waals surface area contributed by atoms with Gasteiger partial charge in [0.25, 0.3) is 0 Å². The average Bonchev–Trinajstić information content (AvgIpc) is 2.30. The SMILES string of the molecule is CCCNCC(C)S(=O)(=O)C1CCCCC1. The van der Waals surface area contributed by atoms with E-state index in [1.807, 2.05) is 6.92 Å². The highest BCUT2D eigenvalue weighted by molar-refractivity contribution is 7.92. The topological polar surface area (TPSA) is 46.2 Å². The zero-order chi connectivity index (χ0) is 12.0. The summed E-state index contributed by atoms with van der Waals surface area (Å²) in [4.78, 5) is 0. The van der Waals surface area contributed by atoms with Crippen molar-refractivity contribution in [2.24, 2.45) is 0 Å². The molecule has 1 aliphatic carbocycles. The Morgan fingerprint density at radius 1 is 1.25 bits per heavy atom. The predicted molar refractivity (Wildman–Crippen MR) is 68.4 cm³/mol. The van der Waals surface area contributed by atoms with Gasteiger partial charge in [0, 0.05) is 6.54 Å². The quantitative estimate of drug-likeness (QED) is 0.731. The van der Waals surface area contributed by atoms with E-state index in [0.29, 0.717) is 6.54 Å². The van der Waals surface area contributed by atoms with Crippen LogP contribution in [0.4, 0.5) is 0 Å². The maximum Gasteiger partial charge on any atom is 0.156 e. The summed E-state index contributed by atoms with van der Waals surface area (Å²) in [5.41, 5.74) is 0. The van der Waals surface area contributed by atoms with Gasteiger partial charge in [-0.2, -0.15) is 0 Å². The molecular formula is C12H25NO2S. The van der Waals surface area contributed by atoms with Crippen molar-refractivity contribution in [3.05, 3.63) is 0 Å². The second-order valence-corrected chi connectivity index (χ2v) is 7.51. The smallest absolute Gasteiger partial charge is 0.156 e.